The van der Waals surface area contributed by atoms with Crippen molar-refractivity contribution in [1.82, 2.24) is 5.43 Å². The summed E-state index contributed by atoms with van der Waals surface area (Å²) in [5.41, 5.74) is 4.10. The highest BCUT2D eigenvalue weighted by molar-refractivity contribution is 5.95. The number of carbonyl (C=O) groups excluding carboxylic acids is 1. The van der Waals surface area contributed by atoms with E-state index in [1.54, 1.807) is 36.4 Å². The molecule has 0 fully saturated rings. The van der Waals surface area contributed by atoms with E-state index in [1.807, 2.05) is 12.1 Å². The van der Waals surface area contributed by atoms with Crippen LogP contribution in [0.3, 0.4) is 0 Å². The van der Waals surface area contributed by atoms with Crippen molar-refractivity contribution in [1.29, 1.82) is 0 Å². The minimum absolute atomic E-state index is 0.0383. The fourth-order valence-corrected chi connectivity index (χ4v) is 1.84. The zero-order valence-corrected chi connectivity index (χ0v) is 10.9. The van der Waals surface area contributed by atoms with E-state index in [0.717, 1.165) is 11.1 Å². The van der Waals surface area contributed by atoms with Crippen LogP contribution in [-0.2, 0) is 13.2 Å². The second-order valence-electron chi connectivity index (χ2n) is 4.22. The van der Waals surface area contributed by atoms with Gasteiger partial charge in [0.05, 0.1) is 6.61 Å². The van der Waals surface area contributed by atoms with Crippen LogP contribution in [0.4, 0.5) is 0 Å². The molecule has 0 heterocycles. The van der Waals surface area contributed by atoms with E-state index < -0.39 is 0 Å². The number of benzene rings is 2. The Balaban J connectivity index is 2.12. The number of carbonyl (C=O) groups is 1. The lowest BCUT2D eigenvalue weighted by Crippen LogP contribution is -2.30. The van der Waals surface area contributed by atoms with Crippen molar-refractivity contribution >= 4 is 5.91 Å². The van der Waals surface area contributed by atoms with Gasteiger partial charge < -0.3 is 9.84 Å². The number of aliphatic hydroxyl groups is 1. The molecular formula is C15H16N2O3. The van der Waals surface area contributed by atoms with Crippen LogP contribution in [-0.4, -0.2) is 11.0 Å². The van der Waals surface area contributed by atoms with E-state index in [4.69, 9.17) is 15.7 Å². The van der Waals surface area contributed by atoms with E-state index in [1.165, 1.54) is 0 Å². The molecule has 0 saturated carbocycles. The molecule has 104 valence electrons. The first-order chi connectivity index (χ1) is 9.74. The van der Waals surface area contributed by atoms with E-state index in [2.05, 4.69) is 5.43 Å². The van der Waals surface area contributed by atoms with Gasteiger partial charge in [-0.3, -0.25) is 10.2 Å². The van der Waals surface area contributed by atoms with Gasteiger partial charge in [0.1, 0.15) is 12.4 Å². The van der Waals surface area contributed by atoms with Crippen LogP contribution in [0, 0.1) is 0 Å². The molecule has 2 aromatic carbocycles. The molecule has 0 aromatic heterocycles. The van der Waals surface area contributed by atoms with Crippen molar-refractivity contribution in [3.05, 3.63) is 65.2 Å². The third-order valence-electron chi connectivity index (χ3n) is 2.87. The third-order valence-corrected chi connectivity index (χ3v) is 2.87. The number of nitrogens with one attached hydrogen (secondary N) is 1. The molecule has 0 saturated heterocycles. The Hall–Kier alpha value is -2.37. The lowest BCUT2D eigenvalue weighted by molar-refractivity contribution is 0.0951. The van der Waals surface area contributed by atoms with Crippen molar-refractivity contribution in [2.24, 2.45) is 5.84 Å². The van der Waals surface area contributed by atoms with Gasteiger partial charge in [0, 0.05) is 11.1 Å². The van der Waals surface area contributed by atoms with Crippen LogP contribution in [0.15, 0.2) is 48.5 Å². The number of nitrogen functional groups attached to an aromatic ring is 1. The number of nitrogens with two attached hydrogens (primary N) is 1. The van der Waals surface area contributed by atoms with Crippen LogP contribution < -0.4 is 16.0 Å². The van der Waals surface area contributed by atoms with E-state index in [9.17, 15) is 4.79 Å². The first-order valence-corrected chi connectivity index (χ1v) is 6.16. The fourth-order valence-electron chi connectivity index (χ4n) is 1.84. The van der Waals surface area contributed by atoms with Crippen molar-refractivity contribution < 1.29 is 14.6 Å². The molecule has 0 bridgehead atoms. The Morgan fingerprint density at radius 2 is 2.00 bits per heavy atom. The van der Waals surface area contributed by atoms with E-state index in [-0.39, 0.29) is 19.1 Å². The van der Waals surface area contributed by atoms with Gasteiger partial charge in [-0.25, -0.2) is 5.84 Å². The van der Waals surface area contributed by atoms with Gasteiger partial charge in [0.25, 0.3) is 5.91 Å². The molecular weight excluding hydrogens is 256 g/mol. The molecule has 0 spiro atoms. The number of amides is 1. The summed E-state index contributed by atoms with van der Waals surface area (Å²) in [5, 5.41) is 9.07. The molecule has 2 aromatic rings. The Kier molecular flexibility index (Phi) is 4.70. The number of rotatable bonds is 5. The number of hydrogen-bond acceptors (Lipinski definition) is 4. The Bertz CT molecular complexity index is 599. The average molecular weight is 272 g/mol. The van der Waals surface area contributed by atoms with Gasteiger partial charge in [-0.2, -0.15) is 0 Å². The SMILES string of the molecule is NNC(=O)c1ccccc1COc1cccc(CO)c1. The van der Waals surface area contributed by atoms with Gasteiger partial charge in [0.2, 0.25) is 0 Å². The molecule has 0 atom stereocenters. The average Bonchev–Trinajstić information content (AvgIpc) is 2.52. The maximum absolute atomic E-state index is 11.6. The van der Waals surface area contributed by atoms with Gasteiger partial charge >= 0.3 is 0 Å². The summed E-state index contributed by atoms with van der Waals surface area (Å²) in [4.78, 5) is 11.6. The molecule has 0 radical (unpaired) electrons. The van der Waals surface area contributed by atoms with Gasteiger partial charge in [-0.1, -0.05) is 30.3 Å². The topological polar surface area (TPSA) is 84.6 Å². The molecule has 1 amide bonds. The van der Waals surface area contributed by atoms with Crippen LogP contribution in [0.5, 0.6) is 5.75 Å². The molecule has 0 aliphatic rings. The minimum atomic E-state index is -0.353. The molecule has 2 rings (SSSR count). The van der Waals surface area contributed by atoms with Gasteiger partial charge in [-0.15, -0.1) is 0 Å². The van der Waals surface area contributed by atoms with Crippen LogP contribution >= 0.6 is 0 Å². The zero-order chi connectivity index (χ0) is 14.4. The fraction of sp³-hybridized carbons (Fsp3) is 0.133. The maximum atomic E-state index is 11.6. The Morgan fingerprint density at radius 1 is 1.20 bits per heavy atom. The van der Waals surface area contributed by atoms with Crippen LogP contribution in [0.25, 0.3) is 0 Å². The Labute approximate surface area is 117 Å². The van der Waals surface area contributed by atoms with Gasteiger partial charge in [0.15, 0.2) is 0 Å². The van der Waals surface area contributed by atoms with E-state index in [0.29, 0.717) is 11.3 Å². The van der Waals surface area contributed by atoms with Crippen molar-refractivity contribution in [3.63, 3.8) is 0 Å². The molecule has 4 N–H and O–H groups in total. The van der Waals surface area contributed by atoms with Crippen molar-refractivity contribution in [2.45, 2.75) is 13.2 Å². The summed E-state index contributed by atoms with van der Waals surface area (Å²) >= 11 is 0. The first kappa shape index (κ1) is 14.0. The number of aliphatic hydroxyl groups excluding tert-OH is 1. The lowest BCUT2D eigenvalue weighted by atomic mass is 10.1. The highest BCUT2D eigenvalue weighted by atomic mass is 16.5. The normalized spacial score (nSPS) is 10.1. The molecule has 5 nitrogen and oxygen atoms in total. The largest absolute Gasteiger partial charge is 0.489 e. The Morgan fingerprint density at radius 3 is 2.75 bits per heavy atom. The maximum Gasteiger partial charge on any atom is 0.265 e. The molecule has 20 heavy (non-hydrogen) atoms. The highest BCUT2D eigenvalue weighted by Gasteiger charge is 2.09. The molecule has 0 unspecified atom stereocenters. The van der Waals surface area contributed by atoms with E-state index >= 15 is 0 Å². The number of ether oxygens (including phenoxy) is 1. The third kappa shape index (κ3) is 3.34. The summed E-state index contributed by atoms with van der Waals surface area (Å²) in [6, 6.07) is 14.3. The van der Waals surface area contributed by atoms with Crippen LogP contribution in [0.2, 0.25) is 0 Å². The molecule has 0 aliphatic heterocycles. The number of hydrazine groups is 1. The smallest absolute Gasteiger partial charge is 0.265 e. The summed E-state index contributed by atoms with van der Waals surface area (Å²) in [6.45, 7) is 0.210. The summed E-state index contributed by atoms with van der Waals surface area (Å²) in [5.74, 6) is 5.43. The highest BCUT2D eigenvalue weighted by Crippen LogP contribution is 2.17. The molecule has 5 heteroatoms. The zero-order valence-electron chi connectivity index (χ0n) is 10.9. The quantitative estimate of drug-likeness (QED) is 0.436. The standard InChI is InChI=1S/C15H16N2O3/c16-17-15(19)14-7-2-1-5-12(14)10-20-13-6-3-4-11(8-13)9-18/h1-8,18H,9-10,16H2,(H,17,19). The number of hydrogen-bond donors (Lipinski definition) is 3. The second-order valence-corrected chi connectivity index (χ2v) is 4.22. The second kappa shape index (κ2) is 6.70. The van der Waals surface area contributed by atoms with Gasteiger partial charge in [-0.05, 0) is 23.8 Å². The van der Waals surface area contributed by atoms with Crippen molar-refractivity contribution in [3.8, 4) is 5.75 Å². The lowest BCUT2D eigenvalue weighted by Gasteiger charge is -2.10. The summed E-state index contributed by atoms with van der Waals surface area (Å²) in [7, 11) is 0. The predicted octanol–water partition coefficient (Wildman–Crippen LogP) is 1.36. The monoisotopic (exact) mass is 272 g/mol. The summed E-state index contributed by atoms with van der Waals surface area (Å²) in [6.07, 6.45) is 0. The first-order valence-electron chi connectivity index (χ1n) is 6.16. The summed E-state index contributed by atoms with van der Waals surface area (Å²) < 4.78 is 5.64. The minimum Gasteiger partial charge on any atom is -0.489 e. The predicted molar refractivity (Wildman–Crippen MR) is 74.8 cm³/mol. The van der Waals surface area contributed by atoms with Crippen LogP contribution in [0.1, 0.15) is 21.5 Å². The van der Waals surface area contributed by atoms with Crippen molar-refractivity contribution in [2.75, 3.05) is 0 Å². The molecule has 0 aliphatic carbocycles.